The predicted octanol–water partition coefficient (Wildman–Crippen LogP) is 4.17. The summed E-state index contributed by atoms with van der Waals surface area (Å²) in [6, 6.07) is 13.8. The van der Waals surface area contributed by atoms with E-state index in [-0.39, 0.29) is 5.91 Å². The molecule has 1 atom stereocenters. The number of amides is 1. The Bertz CT molecular complexity index is 743. The Morgan fingerprint density at radius 2 is 1.64 bits per heavy atom. The SMILES string of the molecule is CCc1ccc(O[C@H](CC)C(=O)NCCCc2ccc(OC)c(OC)c2)cc1. The van der Waals surface area contributed by atoms with Crippen LogP contribution in [-0.2, 0) is 17.6 Å². The van der Waals surface area contributed by atoms with E-state index in [1.54, 1.807) is 14.2 Å². The number of methoxy groups -OCH3 is 2. The number of nitrogens with one attached hydrogen (secondary N) is 1. The molecule has 2 rings (SSSR count). The van der Waals surface area contributed by atoms with Gasteiger partial charge < -0.3 is 19.5 Å². The van der Waals surface area contributed by atoms with Crippen LogP contribution in [0.1, 0.15) is 37.8 Å². The molecule has 0 aliphatic carbocycles. The molecule has 0 aromatic heterocycles. The van der Waals surface area contributed by atoms with Crippen molar-refractivity contribution in [3.63, 3.8) is 0 Å². The maximum atomic E-state index is 12.4. The van der Waals surface area contributed by atoms with Crippen molar-refractivity contribution < 1.29 is 19.0 Å². The van der Waals surface area contributed by atoms with Gasteiger partial charge in [0, 0.05) is 6.54 Å². The molecule has 0 radical (unpaired) electrons. The van der Waals surface area contributed by atoms with Crippen LogP contribution in [0.15, 0.2) is 42.5 Å². The lowest BCUT2D eigenvalue weighted by Crippen LogP contribution is -2.38. The largest absolute Gasteiger partial charge is 0.493 e. The summed E-state index contributed by atoms with van der Waals surface area (Å²) in [6.07, 6.45) is 2.81. The van der Waals surface area contributed by atoms with Gasteiger partial charge >= 0.3 is 0 Å². The van der Waals surface area contributed by atoms with E-state index in [1.807, 2.05) is 49.4 Å². The molecule has 0 saturated heterocycles. The second-order valence-electron chi connectivity index (χ2n) is 6.60. The van der Waals surface area contributed by atoms with Crippen LogP contribution in [0, 0.1) is 0 Å². The maximum Gasteiger partial charge on any atom is 0.261 e. The first-order valence-corrected chi connectivity index (χ1v) is 9.85. The quantitative estimate of drug-likeness (QED) is 0.590. The van der Waals surface area contributed by atoms with Crippen molar-refractivity contribution in [2.24, 2.45) is 0 Å². The molecular formula is C23H31NO4. The molecule has 0 heterocycles. The minimum absolute atomic E-state index is 0.0746. The summed E-state index contributed by atoms with van der Waals surface area (Å²) in [7, 11) is 3.25. The highest BCUT2D eigenvalue weighted by Gasteiger charge is 2.17. The summed E-state index contributed by atoms with van der Waals surface area (Å²) < 4.78 is 16.4. The molecule has 0 aliphatic rings. The first-order valence-electron chi connectivity index (χ1n) is 9.85. The van der Waals surface area contributed by atoms with E-state index in [9.17, 15) is 4.79 Å². The Morgan fingerprint density at radius 1 is 0.964 bits per heavy atom. The summed E-state index contributed by atoms with van der Waals surface area (Å²) in [5.41, 5.74) is 2.39. The third-order valence-electron chi connectivity index (χ3n) is 4.66. The molecule has 0 spiro atoms. The van der Waals surface area contributed by atoms with Gasteiger partial charge in [0.15, 0.2) is 17.6 Å². The fourth-order valence-electron chi connectivity index (χ4n) is 2.94. The second kappa shape index (κ2) is 11.2. The number of hydrogen-bond donors (Lipinski definition) is 1. The Labute approximate surface area is 168 Å². The third-order valence-corrected chi connectivity index (χ3v) is 4.66. The molecule has 0 fully saturated rings. The number of benzene rings is 2. The summed E-state index contributed by atoms with van der Waals surface area (Å²) >= 11 is 0. The highest BCUT2D eigenvalue weighted by atomic mass is 16.5. The number of rotatable bonds is 11. The van der Waals surface area contributed by atoms with E-state index in [2.05, 4.69) is 12.2 Å². The van der Waals surface area contributed by atoms with Gasteiger partial charge in [-0.15, -0.1) is 0 Å². The van der Waals surface area contributed by atoms with Crippen LogP contribution < -0.4 is 19.5 Å². The third kappa shape index (κ3) is 6.19. The first-order chi connectivity index (χ1) is 13.6. The number of hydrogen-bond acceptors (Lipinski definition) is 4. The fourth-order valence-corrected chi connectivity index (χ4v) is 2.94. The van der Waals surface area contributed by atoms with Gasteiger partial charge in [-0.05, 0) is 61.1 Å². The van der Waals surface area contributed by atoms with Crippen molar-refractivity contribution >= 4 is 5.91 Å². The van der Waals surface area contributed by atoms with Crippen LogP contribution in [0.5, 0.6) is 17.2 Å². The van der Waals surface area contributed by atoms with E-state index >= 15 is 0 Å². The van der Waals surface area contributed by atoms with Crippen LogP contribution in [0.3, 0.4) is 0 Å². The molecule has 0 aliphatic heterocycles. The van der Waals surface area contributed by atoms with Crippen LogP contribution in [0.4, 0.5) is 0 Å². The molecule has 0 saturated carbocycles. The molecule has 5 heteroatoms. The molecule has 28 heavy (non-hydrogen) atoms. The van der Waals surface area contributed by atoms with E-state index in [1.165, 1.54) is 5.56 Å². The van der Waals surface area contributed by atoms with E-state index in [0.29, 0.717) is 13.0 Å². The first kappa shape index (κ1) is 21.6. The monoisotopic (exact) mass is 385 g/mol. The molecule has 0 unspecified atom stereocenters. The minimum Gasteiger partial charge on any atom is -0.493 e. The summed E-state index contributed by atoms with van der Waals surface area (Å²) in [6.45, 7) is 4.66. The van der Waals surface area contributed by atoms with E-state index in [4.69, 9.17) is 14.2 Å². The van der Waals surface area contributed by atoms with Gasteiger partial charge in [0.2, 0.25) is 0 Å². The summed E-state index contributed by atoms with van der Waals surface area (Å²) in [5.74, 6) is 2.09. The fraction of sp³-hybridized carbons (Fsp3) is 0.435. The highest BCUT2D eigenvalue weighted by Crippen LogP contribution is 2.27. The predicted molar refractivity (Wildman–Crippen MR) is 111 cm³/mol. The van der Waals surface area contributed by atoms with Crippen LogP contribution in [0.2, 0.25) is 0 Å². The van der Waals surface area contributed by atoms with Crippen molar-refractivity contribution in [1.29, 1.82) is 0 Å². The zero-order valence-electron chi connectivity index (χ0n) is 17.3. The van der Waals surface area contributed by atoms with Gasteiger partial charge in [-0.3, -0.25) is 4.79 Å². The molecule has 5 nitrogen and oxygen atoms in total. The molecular weight excluding hydrogens is 354 g/mol. The lowest BCUT2D eigenvalue weighted by atomic mass is 10.1. The zero-order valence-corrected chi connectivity index (χ0v) is 17.3. The normalized spacial score (nSPS) is 11.6. The lowest BCUT2D eigenvalue weighted by molar-refractivity contribution is -0.128. The Hall–Kier alpha value is -2.69. The molecule has 0 bridgehead atoms. The van der Waals surface area contributed by atoms with Crippen LogP contribution >= 0.6 is 0 Å². The topological polar surface area (TPSA) is 56.8 Å². The van der Waals surface area contributed by atoms with Crippen molar-refractivity contribution in [3.05, 3.63) is 53.6 Å². The summed E-state index contributed by atoms with van der Waals surface area (Å²) in [5, 5.41) is 2.98. The highest BCUT2D eigenvalue weighted by molar-refractivity contribution is 5.81. The average Bonchev–Trinajstić information content (AvgIpc) is 2.75. The van der Waals surface area contributed by atoms with E-state index in [0.717, 1.165) is 42.1 Å². The van der Waals surface area contributed by atoms with Crippen LogP contribution in [0.25, 0.3) is 0 Å². The van der Waals surface area contributed by atoms with Gasteiger partial charge in [0.05, 0.1) is 14.2 Å². The molecule has 2 aromatic rings. The zero-order chi connectivity index (χ0) is 20.4. The van der Waals surface area contributed by atoms with Crippen molar-refractivity contribution in [1.82, 2.24) is 5.32 Å². The van der Waals surface area contributed by atoms with Gasteiger partial charge in [0.1, 0.15) is 5.75 Å². The van der Waals surface area contributed by atoms with Crippen molar-refractivity contribution in [2.75, 3.05) is 20.8 Å². The van der Waals surface area contributed by atoms with Gasteiger partial charge in [-0.25, -0.2) is 0 Å². The standard InChI is InChI=1S/C23H31NO4/c1-5-17-9-12-19(13-10-17)28-20(6-2)23(25)24-15-7-8-18-11-14-21(26-3)22(16-18)27-4/h9-14,16,20H,5-8,15H2,1-4H3,(H,24,25)/t20-/m1/s1. The molecule has 1 N–H and O–H groups in total. The van der Waals surface area contributed by atoms with Gasteiger partial charge in [-0.1, -0.05) is 32.0 Å². The smallest absolute Gasteiger partial charge is 0.261 e. The molecule has 152 valence electrons. The van der Waals surface area contributed by atoms with E-state index < -0.39 is 6.10 Å². The number of carbonyl (C=O) groups excluding carboxylic acids is 1. The summed E-state index contributed by atoms with van der Waals surface area (Å²) in [4.78, 5) is 12.4. The Morgan fingerprint density at radius 3 is 2.25 bits per heavy atom. The average molecular weight is 386 g/mol. The second-order valence-corrected chi connectivity index (χ2v) is 6.60. The maximum absolute atomic E-state index is 12.4. The van der Waals surface area contributed by atoms with Gasteiger partial charge in [-0.2, -0.15) is 0 Å². The molecule has 2 aromatic carbocycles. The molecule has 1 amide bonds. The van der Waals surface area contributed by atoms with Crippen molar-refractivity contribution in [2.45, 2.75) is 45.6 Å². The van der Waals surface area contributed by atoms with Gasteiger partial charge in [0.25, 0.3) is 5.91 Å². The minimum atomic E-state index is -0.478. The number of carbonyl (C=O) groups is 1. The Kier molecular flexibility index (Phi) is 8.66. The number of aryl methyl sites for hydroxylation is 2. The van der Waals surface area contributed by atoms with Crippen molar-refractivity contribution in [3.8, 4) is 17.2 Å². The number of ether oxygens (including phenoxy) is 3. The Balaban J connectivity index is 1.80. The lowest BCUT2D eigenvalue weighted by Gasteiger charge is -2.17. The van der Waals surface area contributed by atoms with Crippen LogP contribution in [-0.4, -0.2) is 32.8 Å².